The van der Waals surface area contributed by atoms with Crippen molar-refractivity contribution in [2.45, 2.75) is 33.1 Å². The van der Waals surface area contributed by atoms with Crippen LogP contribution in [0.2, 0.25) is 0 Å². The molecule has 2 rings (SSSR count). The molecule has 0 amide bonds. The Morgan fingerprint density at radius 3 is 2.54 bits per heavy atom. The van der Waals surface area contributed by atoms with Gasteiger partial charge < -0.3 is 4.57 Å². The van der Waals surface area contributed by atoms with E-state index in [1.54, 1.807) is 0 Å². The summed E-state index contributed by atoms with van der Waals surface area (Å²) in [6.45, 7) is 4.14. The van der Waals surface area contributed by atoms with E-state index in [-0.39, 0.29) is 0 Å². The van der Waals surface area contributed by atoms with Gasteiger partial charge in [0.2, 0.25) is 0 Å². The van der Waals surface area contributed by atoms with Crippen molar-refractivity contribution in [2.75, 3.05) is 0 Å². The monoisotopic (exact) mass is 177 g/mol. The minimum absolute atomic E-state index is 0.336. The Morgan fingerprint density at radius 1 is 1.23 bits per heavy atom. The van der Waals surface area contributed by atoms with Gasteiger partial charge in [0, 0.05) is 30.4 Å². The molecule has 2 heteroatoms. The molecule has 0 aliphatic heterocycles. The normalized spacial score (nSPS) is 16.1. The van der Waals surface area contributed by atoms with Crippen LogP contribution in [0.4, 0.5) is 0 Å². The highest BCUT2D eigenvalue weighted by molar-refractivity contribution is 6.00. The molecule has 1 aromatic rings. The van der Waals surface area contributed by atoms with Crippen LogP contribution in [0.3, 0.4) is 0 Å². The van der Waals surface area contributed by atoms with E-state index >= 15 is 0 Å². The Balaban J connectivity index is 2.70. The summed E-state index contributed by atoms with van der Waals surface area (Å²) < 4.78 is 2.17. The van der Waals surface area contributed by atoms with Crippen molar-refractivity contribution in [1.29, 1.82) is 0 Å². The van der Waals surface area contributed by atoms with Gasteiger partial charge in [0.1, 0.15) is 0 Å². The summed E-state index contributed by atoms with van der Waals surface area (Å²) in [7, 11) is 2.06. The van der Waals surface area contributed by atoms with Crippen LogP contribution >= 0.6 is 0 Å². The van der Waals surface area contributed by atoms with Crippen LogP contribution in [-0.2, 0) is 13.5 Å². The molecule has 13 heavy (non-hydrogen) atoms. The molecule has 1 aliphatic rings. The van der Waals surface area contributed by atoms with Crippen LogP contribution in [0.15, 0.2) is 0 Å². The number of fused-ring (bicyclic) bond motifs is 1. The summed E-state index contributed by atoms with van der Waals surface area (Å²) in [6, 6.07) is 0. The number of hydrogen-bond acceptors (Lipinski definition) is 1. The fraction of sp³-hybridized carbons (Fsp3) is 0.545. The van der Waals surface area contributed by atoms with Crippen LogP contribution in [0.25, 0.3) is 0 Å². The van der Waals surface area contributed by atoms with Crippen molar-refractivity contribution in [2.24, 2.45) is 7.05 Å². The van der Waals surface area contributed by atoms with Gasteiger partial charge in [-0.1, -0.05) is 0 Å². The highest BCUT2D eigenvalue weighted by atomic mass is 16.1. The fourth-order valence-corrected chi connectivity index (χ4v) is 2.22. The van der Waals surface area contributed by atoms with E-state index in [0.717, 1.165) is 24.8 Å². The average molecular weight is 177 g/mol. The molecule has 1 aliphatic carbocycles. The van der Waals surface area contributed by atoms with Crippen molar-refractivity contribution in [3.05, 3.63) is 22.5 Å². The first kappa shape index (κ1) is 8.54. The van der Waals surface area contributed by atoms with Crippen molar-refractivity contribution in [3.63, 3.8) is 0 Å². The first-order chi connectivity index (χ1) is 6.13. The van der Waals surface area contributed by atoms with E-state index in [2.05, 4.69) is 25.5 Å². The number of nitrogens with zero attached hydrogens (tertiary/aromatic N) is 1. The molecular weight excluding hydrogens is 162 g/mol. The van der Waals surface area contributed by atoms with E-state index in [1.807, 2.05) is 0 Å². The molecule has 0 spiro atoms. The van der Waals surface area contributed by atoms with Gasteiger partial charge in [0.25, 0.3) is 0 Å². The van der Waals surface area contributed by atoms with Crippen LogP contribution in [-0.4, -0.2) is 10.4 Å². The minimum Gasteiger partial charge on any atom is -0.351 e. The predicted molar refractivity (Wildman–Crippen MR) is 52.2 cm³/mol. The second kappa shape index (κ2) is 2.72. The Labute approximate surface area is 78.6 Å². The standard InChI is InChI=1S/C11H15NO/c1-7-8(2)12(3)9-5-4-6-10(13)11(7)9/h4-6H2,1-3H3. The maximum Gasteiger partial charge on any atom is 0.164 e. The lowest BCUT2D eigenvalue weighted by Gasteiger charge is -2.12. The van der Waals surface area contributed by atoms with E-state index in [1.165, 1.54) is 17.0 Å². The Kier molecular flexibility index (Phi) is 1.79. The van der Waals surface area contributed by atoms with Crippen molar-refractivity contribution in [3.8, 4) is 0 Å². The first-order valence-electron chi connectivity index (χ1n) is 4.81. The molecule has 1 heterocycles. The third-order valence-corrected chi connectivity index (χ3v) is 3.21. The number of rotatable bonds is 0. The largest absolute Gasteiger partial charge is 0.351 e. The van der Waals surface area contributed by atoms with E-state index in [9.17, 15) is 4.79 Å². The van der Waals surface area contributed by atoms with Gasteiger partial charge >= 0.3 is 0 Å². The lowest BCUT2D eigenvalue weighted by atomic mass is 9.94. The second-order valence-electron chi connectivity index (χ2n) is 3.87. The van der Waals surface area contributed by atoms with Crippen LogP contribution < -0.4 is 0 Å². The Bertz CT molecular complexity index is 374. The van der Waals surface area contributed by atoms with Gasteiger partial charge in [0.15, 0.2) is 5.78 Å². The number of aromatic nitrogens is 1. The smallest absolute Gasteiger partial charge is 0.164 e. The molecule has 0 saturated heterocycles. The molecule has 0 unspecified atom stereocenters. The average Bonchev–Trinajstić information content (AvgIpc) is 2.33. The molecule has 0 N–H and O–H groups in total. The first-order valence-corrected chi connectivity index (χ1v) is 4.81. The zero-order chi connectivity index (χ0) is 9.59. The maximum atomic E-state index is 11.7. The number of carbonyl (C=O) groups excluding carboxylic acids is 1. The molecule has 2 nitrogen and oxygen atoms in total. The lowest BCUT2D eigenvalue weighted by Crippen LogP contribution is -2.12. The van der Waals surface area contributed by atoms with Crippen LogP contribution in [0.1, 0.15) is 40.2 Å². The molecule has 1 aromatic heterocycles. The summed E-state index contributed by atoms with van der Waals surface area (Å²) in [4.78, 5) is 11.7. The summed E-state index contributed by atoms with van der Waals surface area (Å²) in [5, 5.41) is 0. The molecule has 0 atom stereocenters. The quantitative estimate of drug-likeness (QED) is 0.595. The molecule has 0 bridgehead atoms. The number of ketones is 1. The van der Waals surface area contributed by atoms with E-state index < -0.39 is 0 Å². The van der Waals surface area contributed by atoms with Gasteiger partial charge in [-0.25, -0.2) is 0 Å². The summed E-state index contributed by atoms with van der Waals surface area (Å²) in [5.74, 6) is 0.336. The molecule has 0 radical (unpaired) electrons. The third kappa shape index (κ3) is 1.05. The molecule has 70 valence electrons. The summed E-state index contributed by atoms with van der Waals surface area (Å²) in [6.07, 6.45) is 2.81. The predicted octanol–water partition coefficient (Wildman–Crippen LogP) is 2.16. The van der Waals surface area contributed by atoms with Gasteiger partial charge in [-0.15, -0.1) is 0 Å². The van der Waals surface area contributed by atoms with Crippen molar-refractivity contribution < 1.29 is 4.79 Å². The molecule has 0 saturated carbocycles. The minimum atomic E-state index is 0.336. The molecule has 0 aromatic carbocycles. The molecular formula is C11H15NO. The number of Topliss-reactive ketones (excluding diaryl/α,β-unsaturated/α-hetero) is 1. The maximum absolute atomic E-state index is 11.7. The summed E-state index contributed by atoms with van der Waals surface area (Å²) in [5.41, 5.74) is 4.67. The number of hydrogen-bond donors (Lipinski definition) is 0. The SMILES string of the molecule is Cc1c2c(n(C)c1C)CCCC2=O. The van der Waals surface area contributed by atoms with Crippen LogP contribution in [0.5, 0.6) is 0 Å². The summed E-state index contributed by atoms with van der Waals surface area (Å²) >= 11 is 0. The van der Waals surface area contributed by atoms with E-state index in [4.69, 9.17) is 0 Å². The fourth-order valence-electron chi connectivity index (χ4n) is 2.22. The second-order valence-corrected chi connectivity index (χ2v) is 3.87. The molecule has 0 fully saturated rings. The Morgan fingerprint density at radius 2 is 1.92 bits per heavy atom. The highest BCUT2D eigenvalue weighted by Crippen LogP contribution is 2.27. The van der Waals surface area contributed by atoms with Gasteiger partial charge in [0.05, 0.1) is 0 Å². The van der Waals surface area contributed by atoms with Crippen molar-refractivity contribution in [1.82, 2.24) is 4.57 Å². The zero-order valence-electron chi connectivity index (χ0n) is 8.48. The number of carbonyl (C=O) groups is 1. The van der Waals surface area contributed by atoms with E-state index in [0.29, 0.717) is 5.78 Å². The topological polar surface area (TPSA) is 22.0 Å². The van der Waals surface area contributed by atoms with Gasteiger partial charge in [-0.3, -0.25) is 4.79 Å². The van der Waals surface area contributed by atoms with Crippen LogP contribution in [0, 0.1) is 13.8 Å². The highest BCUT2D eigenvalue weighted by Gasteiger charge is 2.24. The van der Waals surface area contributed by atoms with Crippen molar-refractivity contribution >= 4 is 5.78 Å². The third-order valence-electron chi connectivity index (χ3n) is 3.21. The zero-order valence-corrected chi connectivity index (χ0v) is 8.48. The Hall–Kier alpha value is -1.05. The van der Waals surface area contributed by atoms with Gasteiger partial charge in [-0.05, 0) is 32.3 Å². The van der Waals surface area contributed by atoms with Gasteiger partial charge in [-0.2, -0.15) is 0 Å². The lowest BCUT2D eigenvalue weighted by molar-refractivity contribution is 0.0971.